The number of ether oxygens (including phenoxy) is 2. The maximum atomic E-state index is 12.6. The van der Waals surface area contributed by atoms with Gasteiger partial charge in [-0.1, -0.05) is 64.0 Å². The standard InChI is InChI=1S/C25H37NO4/c1-2-3-4-5-6-7-8-9-17-29-23-12-10-11-21-20-24(30-25(21)23)22(27)13-14-26-15-18-28-19-16-26/h10-12,20H,2-9,13-19H2,1H3. The van der Waals surface area contributed by atoms with E-state index in [0.717, 1.165) is 50.4 Å². The van der Waals surface area contributed by atoms with E-state index < -0.39 is 0 Å². The van der Waals surface area contributed by atoms with Gasteiger partial charge in [0.05, 0.1) is 19.8 Å². The summed E-state index contributed by atoms with van der Waals surface area (Å²) in [4.78, 5) is 14.9. The summed E-state index contributed by atoms with van der Waals surface area (Å²) >= 11 is 0. The first-order valence-corrected chi connectivity index (χ1v) is 11.8. The molecule has 2 aromatic rings. The molecule has 0 unspecified atom stereocenters. The number of rotatable bonds is 14. The molecule has 0 bridgehead atoms. The monoisotopic (exact) mass is 415 g/mol. The molecule has 30 heavy (non-hydrogen) atoms. The number of Topliss-reactive ketones (excluding diaryl/α,β-unsaturated/α-hetero) is 1. The summed E-state index contributed by atoms with van der Waals surface area (Å²) in [5.41, 5.74) is 0.687. The smallest absolute Gasteiger partial charge is 0.199 e. The molecule has 0 atom stereocenters. The number of carbonyl (C=O) groups excluding carboxylic acids is 1. The van der Waals surface area contributed by atoms with E-state index in [2.05, 4.69) is 11.8 Å². The average molecular weight is 416 g/mol. The van der Waals surface area contributed by atoms with Crippen LogP contribution in [0.5, 0.6) is 5.75 Å². The van der Waals surface area contributed by atoms with Crippen molar-refractivity contribution in [2.24, 2.45) is 0 Å². The third kappa shape index (κ3) is 7.13. The van der Waals surface area contributed by atoms with Crippen molar-refractivity contribution in [1.82, 2.24) is 4.90 Å². The van der Waals surface area contributed by atoms with E-state index in [1.807, 2.05) is 24.3 Å². The molecule has 1 aromatic carbocycles. The summed E-state index contributed by atoms with van der Waals surface area (Å²) in [7, 11) is 0. The number of para-hydroxylation sites is 1. The SMILES string of the molecule is CCCCCCCCCCOc1cccc2cc(C(=O)CCN3CCOCC3)oc12. The molecule has 0 aliphatic carbocycles. The van der Waals surface area contributed by atoms with E-state index in [9.17, 15) is 4.79 Å². The van der Waals surface area contributed by atoms with Crippen molar-refractivity contribution in [2.45, 2.75) is 64.7 Å². The molecule has 0 saturated carbocycles. The van der Waals surface area contributed by atoms with Gasteiger partial charge in [0.15, 0.2) is 22.9 Å². The molecule has 0 radical (unpaired) electrons. The van der Waals surface area contributed by atoms with E-state index >= 15 is 0 Å². The van der Waals surface area contributed by atoms with Crippen molar-refractivity contribution in [1.29, 1.82) is 0 Å². The maximum Gasteiger partial charge on any atom is 0.199 e. The summed E-state index contributed by atoms with van der Waals surface area (Å²) < 4.78 is 17.3. The minimum Gasteiger partial charge on any atom is -0.490 e. The van der Waals surface area contributed by atoms with E-state index in [4.69, 9.17) is 13.9 Å². The molecule has 0 amide bonds. The van der Waals surface area contributed by atoms with Gasteiger partial charge >= 0.3 is 0 Å². The van der Waals surface area contributed by atoms with Gasteiger partial charge in [-0.25, -0.2) is 0 Å². The summed E-state index contributed by atoms with van der Waals surface area (Å²) in [5, 5.41) is 0.929. The molecule has 1 fully saturated rings. The Morgan fingerprint density at radius 3 is 2.53 bits per heavy atom. The lowest BCUT2D eigenvalue weighted by Crippen LogP contribution is -2.37. The van der Waals surface area contributed by atoms with Crippen molar-refractivity contribution in [3.05, 3.63) is 30.0 Å². The second-order valence-electron chi connectivity index (χ2n) is 8.24. The second-order valence-corrected chi connectivity index (χ2v) is 8.24. The highest BCUT2D eigenvalue weighted by Crippen LogP contribution is 2.29. The lowest BCUT2D eigenvalue weighted by atomic mass is 10.1. The van der Waals surface area contributed by atoms with Crippen LogP contribution < -0.4 is 4.74 Å². The number of ketones is 1. The van der Waals surface area contributed by atoms with Crippen LogP contribution in [-0.4, -0.2) is 50.1 Å². The molecular formula is C25H37NO4. The van der Waals surface area contributed by atoms with Crippen LogP contribution in [-0.2, 0) is 4.74 Å². The van der Waals surface area contributed by atoms with Crippen molar-refractivity contribution in [3.63, 3.8) is 0 Å². The zero-order valence-corrected chi connectivity index (χ0v) is 18.5. The second kappa shape index (κ2) is 12.8. The average Bonchev–Trinajstić information content (AvgIpc) is 3.22. The molecule has 1 aliphatic heterocycles. The summed E-state index contributed by atoms with van der Waals surface area (Å²) in [6, 6.07) is 7.71. The Bertz CT molecular complexity index is 764. The molecule has 2 heterocycles. The minimum absolute atomic E-state index is 0.0479. The first kappa shape index (κ1) is 22.8. The van der Waals surface area contributed by atoms with Gasteiger partial charge in [-0.2, -0.15) is 0 Å². The number of nitrogens with zero attached hydrogens (tertiary/aromatic N) is 1. The van der Waals surface area contributed by atoms with Crippen molar-refractivity contribution < 1.29 is 18.7 Å². The van der Waals surface area contributed by atoms with Crippen LogP contribution in [0, 0.1) is 0 Å². The largest absolute Gasteiger partial charge is 0.490 e. The van der Waals surface area contributed by atoms with Crippen LogP contribution in [0.2, 0.25) is 0 Å². The first-order valence-electron chi connectivity index (χ1n) is 11.8. The Morgan fingerprint density at radius 2 is 1.77 bits per heavy atom. The first-order chi connectivity index (χ1) is 14.8. The van der Waals surface area contributed by atoms with E-state index in [1.165, 1.54) is 44.9 Å². The number of fused-ring (bicyclic) bond motifs is 1. The van der Waals surface area contributed by atoms with Crippen molar-refractivity contribution >= 4 is 16.8 Å². The summed E-state index contributed by atoms with van der Waals surface area (Å²) in [6.45, 7) is 6.97. The minimum atomic E-state index is 0.0479. The highest BCUT2D eigenvalue weighted by molar-refractivity contribution is 5.98. The number of morpholine rings is 1. The predicted molar refractivity (Wildman–Crippen MR) is 121 cm³/mol. The molecule has 0 spiro atoms. The number of hydrogen-bond acceptors (Lipinski definition) is 5. The van der Waals surface area contributed by atoms with Gasteiger partial charge in [0, 0.05) is 31.4 Å². The third-order valence-electron chi connectivity index (χ3n) is 5.80. The number of carbonyl (C=O) groups is 1. The van der Waals surface area contributed by atoms with E-state index in [-0.39, 0.29) is 5.78 Å². The Hall–Kier alpha value is -1.85. The zero-order chi connectivity index (χ0) is 21.0. The van der Waals surface area contributed by atoms with Crippen molar-refractivity contribution in [3.8, 4) is 5.75 Å². The van der Waals surface area contributed by atoms with E-state index in [1.54, 1.807) is 0 Å². The number of unbranched alkanes of at least 4 members (excludes halogenated alkanes) is 7. The lowest BCUT2D eigenvalue weighted by molar-refractivity contribution is 0.0368. The molecule has 166 valence electrons. The lowest BCUT2D eigenvalue weighted by Gasteiger charge is -2.25. The fourth-order valence-corrected chi connectivity index (χ4v) is 3.91. The van der Waals surface area contributed by atoms with Gasteiger partial charge in [-0.3, -0.25) is 9.69 Å². The van der Waals surface area contributed by atoms with Crippen LogP contribution in [0.4, 0.5) is 0 Å². The quantitative estimate of drug-likeness (QED) is 0.286. The van der Waals surface area contributed by atoms with Gasteiger partial charge in [0.1, 0.15) is 0 Å². The summed E-state index contributed by atoms with van der Waals surface area (Å²) in [6.07, 6.45) is 10.7. The van der Waals surface area contributed by atoms with Crippen molar-refractivity contribution in [2.75, 3.05) is 39.5 Å². The highest BCUT2D eigenvalue weighted by Gasteiger charge is 2.17. The van der Waals surface area contributed by atoms with Crippen LogP contribution in [0.15, 0.2) is 28.7 Å². The normalized spacial score (nSPS) is 15.0. The van der Waals surface area contributed by atoms with Crippen LogP contribution in [0.3, 0.4) is 0 Å². The van der Waals surface area contributed by atoms with Crippen LogP contribution >= 0.6 is 0 Å². The molecule has 1 saturated heterocycles. The van der Waals surface area contributed by atoms with Gasteiger partial charge in [0.25, 0.3) is 0 Å². The fraction of sp³-hybridized carbons (Fsp3) is 0.640. The van der Waals surface area contributed by atoms with Gasteiger partial charge in [-0.05, 0) is 18.6 Å². The highest BCUT2D eigenvalue weighted by atomic mass is 16.5. The Labute approximate surface area is 180 Å². The maximum absolute atomic E-state index is 12.6. The molecule has 0 N–H and O–H groups in total. The topological polar surface area (TPSA) is 51.9 Å². The molecule has 3 rings (SSSR count). The van der Waals surface area contributed by atoms with E-state index in [0.29, 0.717) is 24.4 Å². The third-order valence-corrected chi connectivity index (χ3v) is 5.80. The molecule has 5 heteroatoms. The van der Waals surface area contributed by atoms with Gasteiger partial charge in [-0.15, -0.1) is 0 Å². The number of hydrogen-bond donors (Lipinski definition) is 0. The molecule has 5 nitrogen and oxygen atoms in total. The fourth-order valence-electron chi connectivity index (χ4n) is 3.91. The molecule has 1 aliphatic rings. The Kier molecular flexibility index (Phi) is 9.71. The van der Waals surface area contributed by atoms with Crippen LogP contribution in [0.25, 0.3) is 11.0 Å². The van der Waals surface area contributed by atoms with Gasteiger partial charge in [0.2, 0.25) is 0 Å². The zero-order valence-electron chi connectivity index (χ0n) is 18.5. The number of benzene rings is 1. The predicted octanol–water partition coefficient (Wildman–Crippen LogP) is 5.86. The summed E-state index contributed by atoms with van der Waals surface area (Å²) in [5.74, 6) is 1.22. The van der Waals surface area contributed by atoms with Crippen LogP contribution in [0.1, 0.15) is 75.3 Å². The Morgan fingerprint density at radius 1 is 1.03 bits per heavy atom. The number of furan rings is 1. The molecular weight excluding hydrogens is 378 g/mol. The molecule has 1 aromatic heterocycles. The van der Waals surface area contributed by atoms with Gasteiger partial charge < -0.3 is 13.9 Å². The Balaban J connectivity index is 1.43.